The van der Waals surface area contributed by atoms with Crippen LogP contribution in [0.4, 0.5) is 4.79 Å². The molecule has 0 radical (unpaired) electrons. The van der Waals surface area contributed by atoms with Gasteiger partial charge in [-0.2, -0.15) is 0 Å². The number of hydrogen-bond acceptors (Lipinski definition) is 3. The lowest BCUT2D eigenvalue weighted by molar-refractivity contribution is 0.187. The summed E-state index contributed by atoms with van der Waals surface area (Å²) in [5.74, 6) is 0. The Hall–Kier alpha value is -0.780. The van der Waals surface area contributed by atoms with Gasteiger partial charge in [0.25, 0.3) is 0 Å². The van der Waals surface area contributed by atoms with Crippen molar-refractivity contribution in [2.45, 2.75) is 26.0 Å². The monoisotopic (exact) mass is 262 g/mol. The Morgan fingerprint density at radius 1 is 1.56 bits per heavy atom. The molecule has 16 heavy (non-hydrogen) atoms. The van der Waals surface area contributed by atoms with Crippen LogP contribution in [0.2, 0.25) is 4.34 Å². The molecule has 2 amide bonds. The first-order chi connectivity index (χ1) is 7.49. The van der Waals surface area contributed by atoms with Crippen LogP contribution < -0.4 is 10.6 Å². The number of carbonyl (C=O) groups excluding carboxylic acids is 1. The molecule has 0 aliphatic heterocycles. The first-order valence-electron chi connectivity index (χ1n) is 4.96. The Balaban J connectivity index is 2.39. The second kappa shape index (κ2) is 6.08. The minimum absolute atomic E-state index is 0.0912. The van der Waals surface area contributed by atoms with Gasteiger partial charge >= 0.3 is 6.03 Å². The van der Waals surface area contributed by atoms with Crippen LogP contribution in [0.1, 0.15) is 24.8 Å². The van der Waals surface area contributed by atoms with Crippen LogP contribution in [0, 0.1) is 0 Å². The maximum absolute atomic E-state index is 11.4. The molecule has 0 bridgehead atoms. The molecule has 0 aliphatic carbocycles. The number of thiophene rings is 1. The molecule has 0 spiro atoms. The van der Waals surface area contributed by atoms with Gasteiger partial charge in [0, 0.05) is 11.4 Å². The van der Waals surface area contributed by atoms with E-state index in [1.54, 1.807) is 13.0 Å². The van der Waals surface area contributed by atoms with Gasteiger partial charge in [0.1, 0.15) is 0 Å². The average Bonchev–Trinajstić information content (AvgIpc) is 2.62. The quantitative estimate of drug-likeness (QED) is 0.779. The van der Waals surface area contributed by atoms with Crippen molar-refractivity contribution in [2.75, 3.05) is 6.54 Å². The molecule has 1 rings (SSSR count). The second-order valence-electron chi connectivity index (χ2n) is 3.57. The van der Waals surface area contributed by atoms with Gasteiger partial charge in [0.15, 0.2) is 0 Å². The van der Waals surface area contributed by atoms with Gasteiger partial charge in [-0.05, 0) is 26.0 Å². The summed E-state index contributed by atoms with van der Waals surface area (Å²) in [5.41, 5.74) is 0. The van der Waals surface area contributed by atoms with E-state index in [0.717, 1.165) is 4.88 Å². The average molecular weight is 263 g/mol. The van der Waals surface area contributed by atoms with Crippen LogP contribution in [0.3, 0.4) is 0 Å². The zero-order valence-corrected chi connectivity index (χ0v) is 10.7. The molecule has 6 heteroatoms. The molecule has 3 N–H and O–H groups in total. The molecule has 4 nitrogen and oxygen atoms in total. The van der Waals surface area contributed by atoms with Crippen LogP contribution >= 0.6 is 22.9 Å². The van der Waals surface area contributed by atoms with E-state index in [2.05, 4.69) is 10.6 Å². The highest BCUT2D eigenvalue weighted by Crippen LogP contribution is 2.26. The van der Waals surface area contributed by atoms with Crippen LogP contribution in [0.25, 0.3) is 0 Å². The largest absolute Gasteiger partial charge is 0.392 e. The Bertz CT molecular complexity index is 354. The standard InChI is InChI=1S/C10H15ClN2O2S/c1-6(14)5-12-10(15)13-7(2)8-3-4-9(11)16-8/h3-4,6-7,14H,5H2,1-2H3,(H2,12,13,15)/t6-,7+/m1/s1. The zero-order valence-electron chi connectivity index (χ0n) is 9.16. The predicted molar refractivity (Wildman–Crippen MR) is 66.0 cm³/mol. The Morgan fingerprint density at radius 3 is 2.75 bits per heavy atom. The van der Waals surface area contributed by atoms with Crippen molar-refractivity contribution in [3.05, 3.63) is 21.3 Å². The number of nitrogens with one attached hydrogen (secondary N) is 2. The number of amides is 2. The summed E-state index contributed by atoms with van der Waals surface area (Å²) < 4.78 is 0.702. The molecule has 1 aromatic rings. The summed E-state index contributed by atoms with van der Waals surface area (Å²) in [6, 6.07) is 3.30. The molecule has 1 heterocycles. The molecular formula is C10H15ClN2O2S. The van der Waals surface area contributed by atoms with Crippen molar-refractivity contribution < 1.29 is 9.90 Å². The molecule has 2 atom stereocenters. The van der Waals surface area contributed by atoms with Gasteiger partial charge in [0.2, 0.25) is 0 Å². The number of halogens is 1. The molecule has 0 unspecified atom stereocenters. The van der Waals surface area contributed by atoms with Crippen molar-refractivity contribution in [3.63, 3.8) is 0 Å². The van der Waals surface area contributed by atoms with Crippen LogP contribution in [0.15, 0.2) is 12.1 Å². The minimum Gasteiger partial charge on any atom is -0.392 e. The lowest BCUT2D eigenvalue weighted by Gasteiger charge is -2.13. The maximum atomic E-state index is 11.4. The van der Waals surface area contributed by atoms with Gasteiger partial charge in [-0.25, -0.2) is 4.79 Å². The van der Waals surface area contributed by atoms with E-state index >= 15 is 0 Å². The molecule has 0 fully saturated rings. The molecule has 0 aromatic carbocycles. The maximum Gasteiger partial charge on any atom is 0.315 e. The smallest absolute Gasteiger partial charge is 0.315 e. The number of aliphatic hydroxyl groups excluding tert-OH is 1. The number of urea groups is 1. The molecular weight excluding hydrogens is 248 g/mol. The minimum atomic E-state index is -0.544. The lowest BCUT2D eigenvalue weighted by Crippen LogP contribution is -2.39. The Labute approximate surface area is 104 Å². The fourth-order valence-electron chi connectivity index (χ4n) is 1.12. The first-order valence-corrected chi connectivity index (χ1v) is 6.16. The Kier molecular flexibility index (Phi) is 5.05. The van der Waals surface area contributed by atoms with E-state index < -0.39 is 6.10 Å². The molecule has 0 saturated heterocycles. The van der Waals surface area contributed by atoms with Crippen molar-refractivity contribution >= 4 is 29.0 Å². The SMILES string of the molecule is C[C@H](NC(=O)NC[C@@H](C)O)c1ccc(Cl)s1. The highest BCUT2D eigenvalue weighted by atomic mass is 35.5. The number of hydrogen-bond donors (Lipinski definition) is 3. The van der Waals surface area contributed by atoms with E-state index in [9.17, 15) is 4.79 Å². The van der Waals surface area contributed by atoms with Crippen molar-refractivity contribution in [1.82, 2.24) is 10.6 Å². The summed E-state index contributed by atoms with van der Waals surface area (Å²) in [5, 5.41) is 14.3. The predicted octanol–water partition coefficient (Wildman–Crippen LogP) is 2.14. The zero-order chi connectivity index (χ0) is 12.1. The highest BCUT2D eigenvalue weighted by molar-refractivity contribution is 7.16. The van der Waals surface area contributed by atoms with Gasteiger partial charge in [-0.1, -0.05) is 11.6 Å². The fraction of sp³-hybridized carbons (Fsp3) is 0.500. The normalized spacial score (nSPS) is 14.2. The van der Waals surface area contributed by atoms with E-state index in [0.29, 0.717) is 4.34 Å². The second-order valence-corrected chi connectivity index (χ2v) is 5.31. The first kappa shape index (κ1) is 13.3. The third-order valence-electron chi connectivity index (χ3n) is 1.93. The fourth-order valence-corrected chi connectivity index (χ4v) is 2.18. The third kappa shape index (κ3) is 4.38. The van der Waals surface area contributed by atoms with Crippen LogP contribution in [-0.2, 0) is 0 Å². The van der Waals surface area contributed by atoms with Gasteiger partial charge in [0.05, 0.1) is 16.5 Å². The highest BCUT2D eigenvalue weighted by Gasteiger charge is 2.11. The third-order valence-corrected chi connectivity index (χ3v) is 3.34. The number of aliphatic hydroxyl groups is 1. The van der Waals surface area contributed by atoms with Crippen LogP contribution in [0.5, 0.6) is 0 Å². The molecule has 0 aliphatic rings. The van der Waals surface area contributed by atoms with Crippen LogP contribution in [-0.4, -0.2) is 23.8 Å². The summed E-state index contributed by atoms with van der Waals surface area (Å²) in [4.78, 5) is 12.4. The van der Waals surface area contributed by atoms with E-state index in [-0.39, 0.29) is 18.6 Å². The summed E-state index contributed by atoms with van der Waals surface area (Å²) in [6.07, 6.45) is -0.544. The Morgan fingerprint density at radius 2 is 2.25 bits per heavy atom. The summed E-state index contributed by atoms with van der Waals surface area (Å²) in [6.45, 7) is 3.73. The summed E-state index contributed by atoms with van der Waals surface area (Å²) >= 11 is 7.24. The molecule has 1 aromatic heterocycles. The van der Waals surface area contributed by atoms with E-state index in [4.69, 9.17) is 16.7 Å². The topological polar surface area (TPSA) is 61.4 Å². The number of carbonyl (C=O) groups is 1. The van der Waals surface area contributed by atoms with Gasteiger partial charge in [-0.3, -0.25) is 0 Å². The lowest BCUT2D eigenvalue weighted by atomic mass is 10.3. The summed E-state index contributed by atoms with van der Waals surface area (Å²) in [7, 11) is 0. The van der Waals surface area contributed by atoms with Gasteiger partial charge in [-0.15, -0.1) is 11.3 Å². The number of rotatable bonds is 4. The molecule has 0 saturated carbocycles. The van der Waals surface area contributed by atoms with Crippen molar-refractivity contribution in [2.24, 2.45) is 0 Å². The van der Waals surface area contributed by atoms with E-state index in [1.165, 1.54) is 11.3 Å². The van der Waals surface area contributed by atoms with E-state index in [1.807, 2.05) is 13.0 Å². The van der Waals surface area contributed by atoms with Gasteiger partial charge < -0.3 is 15.7 Å². The van der Waals surface area contributed by atoms with Crippen molar-refractivity contribution in [1.29, 1.82) is 0 Å². The molecule has 90 valence electrons. The van der Waals surface area contributed by atoms with Crippen molar-refractivity contribution in [3.8, 4) is 0 Å².